The highest BCUT2D eigenvalue weighted by Crippen LogP contribution is 2.26. The molecule has 0 amide bonds. The standard InChI is InChI=1S/C7H14O5/c1-4-2-7(10,11)6(9)5(3-8)12-4/h4-6,8-11H,2-3H2,1H3. The maximum Gasteiger partial charge on any atom is 0.194 e. The van der Waals surface area contributed by atoms with Crippen LogP contribution >= 0.6 is 0 Å². The van der Waals surface area contributed by atoms with E-state index < -0.39 is 24.6 Å². The molecule has 5 nitrogen and oxygen atoms in total. The number of rotatable bonds is 1. The minimum absolute atomic E-state index is 0.0509. The fraction of sp³-hybridized carbons (Fsp3) is 1.00. The summed E-state index contributed by atoms with van der Waals surface area (Å²) in [5.74, 6) is -2.15. The smallest absolute Gasteiger partial charge is 0.194 e. The number of hydrogen-bond donors (Lipinski definition) is 4. The molecule has 0 radical (unpaired) electrons. The van der Waals surface area contributed by atoms with Crippen molar-refractivity contribution in [3.63, 3.8) is 0 Å². The highest BCUT2D eigenvalue weighted by atomic mass is 16.6. The first-order valence-electron chi connectivity index (χ1n) is 3.86. The average Bonchev–Trinajstić information content (AvgIpc) is 1.96. The number of hydrogen-bond acceptors (Lipinski definition) is 5. The average molecular weight is 178 g/mol. The molecule has 0 aromatic carbocycles. The Morgan fingerprint density at radius 1 is 1.50 bits per heavy atom. The van der Waals surface area contributed by atoms with Gasteiger partial charge in [-0.25, -0.2) is 0 Å². The molecule has 0 bridgehead atoms. The van der Waals surface area contributed by atoms with Gasteiger partial charge in [0.25, 0.3) is 0 Å². The predicted molar refractivity (Wildman–Crippen MR) is 39.2 cm³/mol. The van der Waals surface area contributed by atoms with Gasteiger partial charge in [-0.05, 0) is 6.92 Å². The van der Waals surface area contributed by atoms with Gasteiger partial charge in [0.1, 0.15) is 12.2 Å². The van der Waals surface area contributed by atoms with Crippen LogP contribution in [0.5, 0.6) is 0 Å². The third-order valence-corrected chi connectivity index (χ3v) is 2.00. The van der Waals surface area contributed by atoms with Crippen molar-refractivity contribution in [2.24, 2.45) is 0 Å². The summed E-state index contributed by atoms with van der Waals surface area (Å²) in [6.07, 6.45) is -2.78. The van der Waals surface area contributed by atoms with E-state index in [1.54, 1.807) is 6.92 Å². The summed E-state index contributed by atoms with van der Waals surface area (Å²) >= 11 is 0. The maximum atomic E-state index is 9.23. The third kappa shape index (κ3) is 1.75. The van der Waals surface area contributed by atoms with E-state index in [0.717, 1.165) is 0 Å². The topological polar surface area (TPSA) is 90.2 Å². The summed E-state index contributed by atoms with van der Waals surface area (Å²) in [5, 5.41) is 36.4. The molecule has 1 aliphatic rings. The molecule has 1 saturated heterocycles. The largest absolute Gasteiger partial charge is 0.394 e. The van der Waals surface area contributed by atoms with Gasteiger partial charge in [-0.1, -0.05) is 0 Å². The molecule has 0 spiro atoms. The van der Waals surface area contributed by atoms with Gasteiger partial charge in [-0.2, -0.15) is 0 Å². The van der Waals surface area contributed by atoms with E-state index in [1.165, 1.54) is 0 Å². The van der Waals surface area contributed by atoms with Crippen molar-refractivity contribution >= 4 is 0 Å². The van der Waals surface area contributed by atoms with Crippen LogP contribution in [0.3, 0.4) is 0 Å². The molecule has 1 fully saturated rings. The van der Waals surface area contributed by atoms with E-state index in [4.69, 9.17) is 9.84 Å². The Morgan fingerprint density at radius 2 is 2.08 bits per heavy atom. The van der Waals surface area contributed by atoms with Crippen molar-refractivity contribution in [2.45, 2.75) is 37.4 Å². The first-order chi connectivity index (χ1) is 5.47. The minimum atomic E-state index is -2.15. The molecule has 0 aromatic rings. The number of aliphatic hydroxyl groups is 4. The van der Waals surface area contributed by atoms with Gasteiger partial charge in [0, 0.05) is 6.42 Å². The van der Waals surface area contributed by atoms with Gasteiger partial charge in [0.2, 0.25) is 0 Å². The predicted octanol–water partition coefficient (Wildman–Crippen LogP) is -1.80. The van der Waals surface area contributed by atoms with Gasteiger partial charge in [0.15, 0.2) is 5.79 Å². The summed E-state index contributed by atoms with van der Waals surface area (Å²) in [6, 6.07) is 0. The lowest BCUT2D eigenvalue weighted by Crippen LogP contribution is -2.57. The fourth-order valence-electron chi connectivity index (χ4n) is 1.41. The molecular formula is C7H14O5. The summed E-state index contributed by atoms with van der Waals surface area (Å²) < 4.78 is 5.06. The van der Waals surface area contributed by atoms with Gasteiger partial charge in [-0.15, -0.1) is 0 Å². The Bertz CT molecular complexity index is 158. The van der Waals surface area contributed by atoms with E-state index in [0.29, 0.717) is 0 Å². The zero-order valence-corrected chi connectivity index (χ0v) is 6.84. The second-order valence-corrected chi connectivity index (χ2v) is 3.20. The van der Waals surface area contributed by atoms with E-state index in [1.807, 2.05) is 0 Å². The molecule has 5 heteroatoms. The van der Waals surface area contributed by atoms with Crippen LogP contribution < -0.4 is 0 Å². The molecule has 1 aliphatic heterocycles. The van der Waals surface area contributed by atoms with Gasteiger partial charge < -0.3 is 25.2 Å². The maximum absolute atomic E-state index is 9.23. The molecular weight excluding hydrogens is 164 g/mol. The Kier molecular flexibility index (Phi) is 2.70. The van der Waals surface area contributed by atoms with E-state index in [9.17, 15) is 15.3 Å². The zero-order chi connectivity index (χ0) is 9.35. The lowest BCUT2D eigenvalue weighted by Gasteiger charge is -2.40. The van der Waals surface area contributed by atoms with Crippen LogP contribution in [0.2, 0.25) is 0 Å². The van der Waals surface area contributed by atoms with Crippen molar-refractivity contribution in [3.8, 4) is 0 Å². The summed E-state index contributed by atoms with van der Waals surface area (Å²) in [4.78, 5) is 0. The Labute approximate surface area is 70.2 Å². The molecule has 3 unspecified atom stereocenters. The lowest BCUT2D eigenvalue weighted by molar-refractivity contribution is -0.304. The van der Waals surface area contributed by atoms with Gasteiger partial charge in [-0.3, -0.25) is 0 Å². The molecule has 0 saturated carbocycles. The van der Waals surface area contributed by atoms with E-state index >= 15 is 0 Å². The second-order valence-electron chi connectivity index (χ2n) is 3.20. The molecule has 0 aliphatic carbocycles. The normalized spacial score (nSPS) is 41.2. The molecule has 12 heavy (non-hydrogen) atoms. The van der Waals surface area contributed by atoms with Gasteiger partial charge in [0.05, 0.1) is 12.7 Å². The van der Waals surface area contributed by atoms with Crippen LogP contribution in [0.25, 0.3) is 0 Å². The van der Waals surface area contributed by atoms with Crippen LogP contribution in [-0.2, 0) is 4.74 Å². The molecule has 72 valence electrons. The summed E-state index contributed by atoms with van der Waals surface area (Å²) in [6.45, 7) is 1.23. The Morgan fingerprint density at radius 3 is 2.58 bits per heavy atom. The monoisotopic (exact) mass is 178 g/mol. The molecule has 3 atom stereocenters. The highest BCUT2D eigenvalue weighted by Gasteiger charge is 2.45. The minimum Gasteiger partial charge on any atom is -0.394 e. The second kappa shape index (κ2) is 3.27. The Hall–Kier alpha value is -0.200. The zero-order valence-electron chi connectivity index (χ0n) is 6.84. The van der Waals surface area contributed by atoms with Gasteiger partial charge >= 0.3 is 0 Å². The van der Waals surface area contributed by atoms with Crippen LogP contribution in [0, 0.1) is 0 Å². The molecule has 1 rings (SSSR count). The van der Waals surface area contributed by atoms with E-state index in [-0.39, 0.29) is 12.5 Å². The highest BCUT2D eigenvalue weighted by molar-refractivity contribution is 4.88. The van der Waals surface area contributed by atoms with Crippen molar-refractivity contribution in [2.75, 3.05) is 6.61 Å². The number of aliphatic hydroxyl groups excluding tert-OH is 2. The van der Waals surface area contributed by atoms with Crippen molar-refractivity contribution in [1.82, 2.24) is 0 Å². The van der Waals surface area contributed by atoms with E-state index in [2.05, 4.69) is 0 Å². The van der Waals surface area contributed by atoms with Crippen LogP contribution in [0.1, 0.15) is 13.3 Å². The third-order valence-electron chi connectivity index (χ3n) is 2.00. The molecule has 4 N–H and O–H groups in total. The SMILES string of the molecule is CC1CC(O)(O)C(O)C(CO)O1. The fourth-order valence-corrected chi connectivity index (χ4v) is 1.41. The van der Waals surface area contributed by atoms with Crippen molar-refractivity contribution in [1.29, 1.82) is 0 Å². The van der Waals surface area contributed by atoms with Crippen molar-refractivity contribution < 1.29 is 25.2 Å². The quantitative estimate of drug-likeness (QED) is 0.356. The first kappa shape index (κ1) is 9.88. The van der Waals surface area contributed by atoms with Crippen molar-refractivity contribution in [3.05, 3.63) is 0 Å². The van der Waals surface area contributed by atoms with Crippen LogP contribution in [-0.4, -0.2) is 51.1 Å². The van der Waals surface area contributed by atoms with Crippen LogP contribution in [0.15, 0.2) is 0 Å². The molecule has 1 heterocycles. The van der Waals surface area contributed by atoms with Crippen LogP contribution in [0.4, 0.5) is 0 Å². The number of ether oxygens (including phenoxy) is 1. The Balaban J connectivity index is 2.68. The lowest BCUT2D eigenvalue weighted by atomic mass is 9.95. The summed E-state index contributed by atoms with van der Waals surface area (Å²) in [5.41, 5.74) is 0. The first-order valence-corrected chi connectivity index (χ1v) is 3.86. The summed E-state index contributed by atoms with van der Waals surface area (Å²) in [7, 11) is 0. The molecule has 0 aromatic heterocycles.